The number of halogens is 3. The molecule has 1 aliphatic rings. The number of carbonyl (C=O) groups excluding carboxylic acids is 2. The Bertz CT molecular complexity index is 1180. The number of alkyl halides is 3. The molecule has 2 atom stereocenters. The summed E-state index contributed by atoms with van der Waals surface area (Å²) in [6, 6.07) is 7.33. The van der Waals surface area contributed by atoms with Crippen LogP contribution < -0.4 is 15.4 Å². The fourth-order valence-electron chi connectivity index (χ4n) is 4.23. The molecule has 0 fully saturated rings. The number of nitrogens with zero attached hydrogens (tertiary/aromatic N) is 1. The topological polar surface area (TPSA) is 100 Å². The number of benzene rings is 1. The van der Waals surface area contributed by atoms with E-state index in [2.05, 4.69) is 30.8 Å². The molecule has 0 saturated carbocycles. The lowest BCUT2D eigenvalue weighted by molar-refractivity contribution is -0.203. The zero-order valence-electron chi connectivity index (χ0n) is 20.6. The van der Waals surface area contributed by atoms with Crippen LogP contribution in [0.2, 0.25) is 0 Å². The van der Waals surface area contributed by atoms with Crippen molar-refractivity contribution in [1.82, 2.24) is 5.32 Å². The molecule has 1 aromatic heterocycles. The van der Waals surface area contributed by atoms with E-state index in [1.165, 1.54) is 31.4 Å². The van der Waals surface area contributed by atoms with Gasteiger partial charge in [0.05, 0.1) is 19.8 Å². The Hall–Kier alpha value is -3.26. The minimum absolute atomic E-state index is 0.0177. The molecular formula is C25H28F3N3O4S. The van der Waals surface area contributed by atoms with E-state index >= 15 is 0 Å². The van der Waals surface area contributed by atoms with Crippen LogP contribution in [0.25, 0.3) is 0 Å². The highest BCUT2D eigenvalue weighted by molar-refractivity contribution is 7.16. The molecule has 1 aromatic carbocycles. The van der Waals surface area contributed by atoms with Crippen molar-refractivity contribution in [3.8, 4) is 11.8 Å². The molecule has 36 heavy (non-hydrogen) atoms. The maximum atomic E-state index is 14.6. The summed E-state index contributed by atoms with van der Waals surface area (Å²) in [5, 5.41) is 13.6. The SMILES string of the molecule is COC(=O)C(NC(=O)c1ccc(OC)cc1)(Nc1sc2c(c1C#N)CCC(C(C)(C)C)C2)C(F)(F)F. The molecule has 2 unspecified atom stereocenters. The summed E-state index contributed by atoms with van der Waals surface area (Å²) in [6.07, 6.45) is -3.38. The lowest BCUT2D eigenvalue weighted by Crippen LogP contribution is -2.69. The lowest BCUT2D eigenvalue weighted by Gasteiger charge is -2.34. The minimum atomic E-state index is -5.31. The molecule has 0 bridgehead atoms. The second-order valence-electron chi connectivity index (χ2n) is 9.67. The molecule has 2 aromatic rings. The Morgan fingerprint density at radius 1 is 1.14 bits per heavy atom. The van der Waals surface area contributed by atoms with Crippen LogP contribution in [0.15, 0.2) is 24.3 Å². The van der Waals surface area contributed by atoms with Crippen molar-refractivity contribution in [2.24, 2.45) is 11.3 Å². The van der Waals surface area contributed by atoms with E-state index in [0.717, 1.165) is 29.7 Å². The van der Waals surface area contributed by atoms with Crippen LogP contribution in [0.5, 0.6) is 5.75 Å². The van der Waals surface area contributed by atoms with E-state index in [-0.39, 0.29) is 27.5 Å². The van der Waals surface area contributed by atoms with Gasteiger partial charge in [0.15, 0.2) is 0 Å². The smallest absolute Gasteiger partial charge is 0.441 e. The van der Waals surface area contributed by atoms with Gasteiger partial charge in [0.2, 0.25) is 0 Å². The van der Waals surface area contributed by atoms with Gasteiger partial charge < -0.3 is 20.1 Å². The van der Waals surface area contributed by atoms with Gasteiger partial charge in [0.1, 0.15) is 16.8 Å². The van der Waals surface area contributed by atoms with Crippen LogP contribution in [0.4, 0.5) is 18.2 Å². The molecule has 0 aliphatic heterocycles. The molecule has 3 rings (SSSR count). The first-order chi connectivity index (χ1) is 16.8. The van der Waals surface area contributed by atoms with Crippen molar-refractivity contribution in [2.45, 2.75) is 51.9 Å². The number of hydrogen-bond acceptors (Lipinski definition) is 7. The zero-order valence-corrected chi connectivity index (χ0v) is 21.4. The summed E-state index contributed by atoms with van der Waals surface area (Å²) in [5.41, 5.74) is -3.06. The van der Waals surface area contributed by atoms with Crippen LogP contribution in [0.1, 0.15) is 53.6 Å². The number of rotatable bonds is 6. The quantitative estimate of drug-likeness (QED) is 0.406. The highest BCUT2D eigenvalue weighted by atomic mass is 32.1. The summed E-state index contributed by atoms with van der Waals surface area (Å²) in [5.74, 6) is -2.25. The zero-order chi connectivity index (χ0) is 26.9. The number of thiophene rings is 1. The summed E-state index contributed by atoms with van der Waals surface area (Å²) in [4.78, 5) is 26.3. The highest BCUT2D eigenvalue weighted by Gasteiger charge is 2.64. The Morgan fingerprint density at radius 2 is 1.78 bits per heavy atom. The molecule has 1 heterocycles. The number of carbonyl (C=O) groups is 2. The van der Waals surface area contributed by atoms with E-state index in [1.54, 1.807) is 5.32 Å². The second kappa shape index (κ2) is 10.0. The van der Waals surface area contributed by atoms with Crippen LogP contribution >= 0.6 is 11.3 Å². The molecule has 194 valence electrons. The normalized spacial score (nSPS) is 17.2. The van der Waals surface area contributed by atoms with E-state index in [4.69, 9.17) is 4.74 Å². The summed E-state index contributed by atoms with van der Waals surface area (Å²) in [7, 11) is 2.20. The Labute approximate surface area is 211 Å². The van der Waals surface area contributed by atoms with Crippen molar-refractivity contribution < 1.29 is 32.2 Å². The monoisotopic (exact) mass is 523 g/mol. The average Bonchev–Trinajstić information content (AvgIpc) is 3.17. The first-order valence-corrected chi connectivity index (χ1v) is 12.0. The van der Waals surface area contributed by atoms with Crippen LogP contribution in [-0.2, 0) is 22.4 Å². The van der Waals surface area contributed by atoms with Gasteiger partial charge in [-0.25, -0.2) is 4.79 Å². The molecule has 1 aliphatic carbocycles. The molecule has 0 radical (unpaired) electrons. The number of methoxy groups -OCH3 is 2. The van der Waals surface area contributed by atoms with Gasteiger partial charge in [-0.3, -0.25) is 4.79 Å². The number of amides is 1. The van der Waals surface area contributed by atoms with E-state index < -0.39 is 23.7 Å². The van der Waals surface area contributed by atoms with Crippen LogP contribution in [-0.4, -0.2) is 37.9 Å². The second-order valence-corrected chi connectivity index (χ2v) is 10.8. The predicted molar refractivity (Wildman–Crippen MR) is 129 cm³/mol. The summed E-state index contributed by atoms with van der Waals surface area (Å²) < 4.78 is 53.2. The molecule has 0 spiro atoms. The van der Waals surface area contributed by atoms with Gasteiger partial charge in [0.25, 0.3) is 5.91 Å². The Balaban J connectivity index is 2.05. The number of nitriles is 1. The standard InChI is InChI=1S/C25H28F3N3O4S/c1-23(2,3)15-8-11-17-18(13-29)21(36-19(17)12-15)31-24(22(33)35-5,25(26,27)28)30-20(32)14-6-9-16(34-4)10-7-14/h6-7,9-10,15,31H,8,11-12H2,1-5H3,(H,30,32). The average molecular weight is 524 g/mol. The largest absolute Gasteiger partial charge is 0.497 e. The van der Waals surface area contributed by atoms with Crippen molar-refractivity contribution >= 4 is 28.2 Å². The number of nitrogens with one attached hydrogen (secondary N) is 2. The molecule has 2 N–H and O–H groups in total. The van der Waals surface area contributed by atoms with Gasteiger partial charge in [-0.15, -0.1) is 11.3 Å². The van der Waals surface area contributed by atoms with Crippen molar-refractivity contribution in [3.05, 3.63) is 45.8 Å². The minimum Gasteiger partial charge on any atom is -0.497 e. The third kappa shape index (κ3) is 5.14. The molecule has 7 nitrogen and oxygen atoms in total. The number of fused-ring (bicyclic) bond motifs is 1. The molecule has 0 saturated heterocycles. The Morgan fingerprint density at radius 3 is 2.28 bits per heavy atom. The van der Waals surface area contributed by atoms with Gasteiger partial charge in [-0.1, -0.05) is 20.8 Å². The van der Waals surface area contributed by atoms with E-state index in [1.807, 2.05) is 6.07 Å². The third-order valence-electron chi connectivity index (χ3n) is 6.47. The van der Waals surface area contributed by atoms with Crippen LogP contribution in [0.3, 0.4) is 0 Å². The van der Waals surface area contributed by atoms with Gasteiger partial charge in [-0.05, 0) is 60.4 Å². The maximum Gasteiger partial charge on any atom is 0.441 e. The number of esters is 1. The molecule has 1 amide bonds. The molecular weight excluding hydrogens is 495 g/mol. The fraction of sp³-hybridized carbons (Fsp3) is 0.480. The van der Waals surface area contributed by atoms with Gasteiger partial charge in [0, 0.05) is 10.4 Å². The van der Waals surface area contributed by atoms with E-state index in [9.17, 15) is 28.0 Å². The van der Waals surface area contributed by atoms with Gasteiger partial charge in [-0.2, -0.15) is 18.4 Å². The first kappa shape index (κ1) is 27.3. The summed E-state index contributed by atoms with van der Waals surface area (Å²) >= 11 is 0.996. The number of ether oxygens (including phenoxy) is 2. The predicted octanol–water partition coefficient (Wildman–Crippen LogP) is 5.05. The van der Waals surface area contributed by atoms with E-state index in [0.29, 0.717) is 24.2 Å². The number of anilines is 1. The van der Waals surface area contributed by atoms with Crippen molar-refractivity contribution in [1.29, 1.82) is 5.26 Å². The molecule has 11 heteroatoms. The van der Waals surface area contributed by atoms with Crippen molar-refractivity contribution in [2.75, 3.05) is 19.5 Å². The lowest BCUT2D eigenvalue weighted by atomic mass is 9.72. The maximum absolute atomic E-state index is 14.6. The van der Waals surface area contributed by atoms with Crippen LogP contribution in [0, 0.1) is 22.7 Å². The Kier molecular flexibility index (Phi) is 7.60. The van der Waals surface area contributed by atoms with Crippen molar-refractivity contribution in [3.63, 3.8) is 0 Å². The first-order valence-electron chi connectivity index (χ1n) is 11.2. The summed E-state index contributed by atoms with van der Waals surface area (Å²) in [6.45, 7) is 6.30. The highest BCUT2D eigenvalue weighted by Crippen LogP contribution is 2.45. The van der Waals surface area contributed by atoms with Gasteiger partial charge >= 0.3 is 17.8 Å². The number of hydrogen-bond donors (Lipinski definition) is 2. The fourth-order valence-corrected chi connectivity index (χ4v) is 5.56. The third-order valence-corrected chi connectivity index (χ3v) is 7.64.